The Morgan fingerprint density at radius 2 is 0.750 bits per heavy atom. The van der Waals surface area contributed by atoms with Crippen molar-refractivity contribution in [2.24, 2.45) is 0 Å². The highest BCUT2D eigenvalue weighted by atomic mass is 15.0. The third-order valence-corrected chi connectivity index (χ3v) is 10.8. The number of para-hydroxylation sites is 2. The molecule has 0 fully saturated rings. The molecule has 0 amide bonds. The van der Waals surface area contributed by atoms with Crippen LogP contribution in [0.2, 0.25) is 0 Å². The number of hydrogen-bond donors (Lipinski definition) is 0. The van der Waals surface area contributed by atoms with Crippen molar-refractivity contribution in [3.05, 3.63) is 200 Å². The van der Waals surface area contributed by atoms with Crippen molar-refractivity contribution in [3.8, 4) is 56.7 Å². The van der Waals surface area contributed by atoms with Gasteiger partial charge in [0.25, 0.3) is 0 Å². The van der Waals surface area contributed by atoms with Crippen molar-refractivity contribution in [2.45, 2.75) is 0 Å². The SMILES string of the molecule is c1ccc(-c2nc(-c3ccccc3)nc(-c3ccc(-c4ccc(-n5c6ccccc6c6ccc7c8ccn(-c9ccccc9)c8ccc7c65)cc4)cc3)n2)cc1. The number of fused-ring (bicyclic) bond motifs is 7. The van der Waals surface area contributed by atoms with E-state index < -0.39 is 0 Å². The summed E-state index contributed by atoms with van der Waals surface area (Å²) in [6.45, 7) is 0. The molecule has 0 saturated carbocycles. The maximum absolute atomic E-state index is 4.92. The molecule has 5 nitrogen and oxygen atoms in total. The molecule has 0 bridgehead atoms. The standard InChI is InChI=1S/C51H33N5/c1-4-12-36(13-5-1)49-52-50(37-14-6-2-7-15-37)54-51(53-49)38-22-20-34(21-23-38)35-24-26-40(27-25-35)56-47-19-11-10-18-42(47)45-29-28-41-43-32-33-55(39-16-8-3-9-17-39)46(43)31-30-44(41)48(45)56/h1-33H. The lowest BCUT2D eigenvalue weighted by atomic mass is 10.0. The lowest BCUT2D eigenvalue weighted by Gasteiger charge is -2.12. The predicted octanol–water partition coefficient (Wildman–Crippen LogP) is 12.7. The van der Waals surface area contributed by atoms with E-state index in [0.29, 0.717) is 17.5 Å². The molecule has 3 heterocycles. The summed E-state index contributed by atoms with van der Waals surface area (Å²) in [5.41, 5.74) is 11.0. The van der Waals surface area contributed by atoms with Crippen molar-refractivity contribution in [1.82, 2.24) is 24.1 Å². The van der Waals surface area contributed by atoms with Gasteiger partial charge in [0.05, 0.1) is 16.6 Å². The molecule has 11 rings (SSSR count). The minimum Gasteiger partial charge on any atom is -0.317 e. The van der Waals surface area contributed by atoms with E-state index in [4.69, 9.17) is 15.0 Å². The molecule has 0 aliphatic rings. The Balaban J connectivity index is 0.979. The fourth-order valence-corrected chi connectivity index (χ4v) is 8.13. The molecule has 0 aliphatic carbocycles. The van der Waals surface area contributed by atoms with Gasteiger partial charge in [-0.3, -0.25) is 0 Å². The molecule has 0 unspecified atom stereocenters. The van der Waals surface area contributed by atoms with Crippen LogP contribution < -0.4 is 0 Å². The fraction of sp³-hybridized carbons (Fsp3) is 0. The van der Waals surface area contributed by atoms with Crippen LogP contribution in [0.15, 0.2) is 200 Å². The zero-order valence-electron chi connectivity index (χ0n) is 30.3. The Hall–Kier alpha value is -7.63. The van der Waals surface area contributed by atoms with Gasteiger partial charge in [-0.2, -0.15) is 0 Å². The zero-order chi connectivity index (χ0) is 37.0. The topological polar surface area (TPSA) is 48.5 Å². The highest BCUT2D eigenvalue weighted by Gasteiger charge is 2.18. The number of benzene rings is 8. The summed E-state index contributed by atoms with van der Waals surface area (Å²) in [7, 11) is 0. The summed E-state index contributed by atoms with van der Waals surface area (Å²) >= 11 is 0. The van der Waals surface area contributed by atoms with E-state index in [2.05, 4.69) is 149 Å². The monoisotopic (exact) mass is 715 g/mol. The summed E-state index contributed by atoms with van der Waals surface area (Å²) in [5.74, 6) is 1.95. The van der Waals surface area contributed by atoms with Crippen LogP contribution >= 0.6 is 0 Å². The van der Waals surface area contributed by atoms with Crippen molar-refractivity contribution in [3.63, 3.8) is 0 Å². The first-order chi connectivity index (χ1) is 27.8. The molecular formula is C51H33N5. The van der Waals surface area contributed by atoms with Gasteiger partial charge in [-0.1, -0.05) is 152 Å². The first kappa shape index (κ1) is 31.9. The van der Waals surface area contributed by atoms with E-state index in [0.717, 1.165) is 39.2 Å². The molecule has 0 aliphatic heterocycles. The van der Waals surface area contributed by atoms with Crippen LogP contribution in [-0.2, 0) is 0 Å². The third kappa shape index (κ3) is 5.29. The van der Waals surface area contributed by atoms with Gasteiger partial charge in [-0.05, 0) is 59.0 Å². The van der Waals surface area contributed by atoms with E-state index in [9.17, 15) is 0 Å². The van der Waals surface area contributed by atoms with Gasteiger partial charge >= 0.3 is 0 Å². The maximum atomic E-state index is 4.92. The Morgan fingerprint density at radius 3 is 1.39 bits per heavy atom. The van der Waals surface area contributed by atoms with Gasteiger partial charge in [0, 0.05) is 55.8 Å². The smallest absolute Gasteiger partial charge is 0.164 e. The second kappa shape index (κ2) is 13.0. The minimum atomic E-state index is 0.645. The van der Waals surface area contributed by atoms with E-state index in [1.54, 1.807) is 0 Å². The Morgan fingerprint density at radius 1 is 0.286 bits per heavy atom. The second-order valence-electron chi connectivity index (χ2n) is 14.1. The van der Waals surface area contributed by atoms with Gasteiger partial charge in [-0.15, -0.1) is 0 Å². The summed E-state index contributed by atoms with van der Waals surface area (Å²) in [6.07, 6.45) is 2.18. The number of rotatable bonds is 6. The highest BCUT2D eigenvalue weighted by Crippen LogP contribution is 2.39. The minimum absolute atomic E-state index is 0.645. The number of aromatic nitrogens is 5. The molecule has 0 atom stereocenters. The van der Waals surface area contributed by atoms with Crippen molar-refractivity contribution in [2.75, 3.05) is 0 Å². The van der Waals surface area contributed by atoms with E-state index in [1.807, 2.05) is 60.7 Å². The molecule has 3 aromatic heterocycles. The van der Waals surface area contributed by atoms with Gasteiger partial charge < -0.3 is 9.13 Å². The molecular weight excluding hydrogens is 683 g/mol. The maximum Gasteiger partial charge on any atom is 0.164 e. The summed E-state index contributed by atoms with van der Waals surface area (Å²) in [5, 5.41) is 6.22. The van der Waals surface area contributed by atoms with Gasteiger partial charge in [-0.25, -0.2) is 15.0 Å². The number of nitrogens with zero attached hydrogens (tertiary/aromatic N) is 5. The van der Waals surface area contributed by atoms with Gasteiger partial charge in [0.2, 0.25) is 0 Å². The van der Waals surface area contributed by atoms with E-state index in [-0.39, 0.29) is 0 Å². The summed E-state index contributed by atoms with van der Waals surface area (Å²) in [4.78, 5) is 14.7. The predicted molar refractivity (Wildman–Crippen MR) is 230 cm³/mol. The molecule has 0 N–H and O–H groups in total. The van der Waals surface area contributed by atoms with Crippen LogP contribution in [0.4, 0.5) is 0 Å². The van der Waals surface area contributed by atoms with Crippen LogP contribution in [0.1, 0.15) is 0 Å². The third-order valence-electron chi connectivity index (χ3n) is 10.8. The zero-order valence-corrected chi connectivity index (χ0v) is 30.3. The molecule has 0 spiro atoms. The summed E-state index contributed by atoms with van der Waals surface area (Å²) in [6, 6.07) is 68.3. The van der Waals surface area contributed by atoms with Crippen LogP contribution in [-0.4, -0.2) is 24.1 Å². The fourth-order valence-electron chi connectivity index (χ4n) is 8.13. The van der Waals surface area contributed by atoms with Crippen molar-refractivity contribution >= 4 is 43.5 Å². The molecule has 8 aromatic carbocycles. The Bertz CT molecular complexity index is 3140. The van der Waals surface area contributed by atoms with Gasteiger partial charge in [0.1, 0.15) is 0 Å². The van der Waals surface area contributed by atoms with Crippen molar-refractivity contribution in [1.29, 1.82) is 0 Å². The second-order valence-corrected chi connectivity index (χ2v) is 14.1. The number of hydrogen-bond acceptors (Lipinski definition) is 3. The summed E-state index contributed by atoms with van der Waals surface area (Å²) < 4.78 is 4.70. The first-order valence-corrected chi connectivity index (χ1v) is 18.9. The largest absolute Gasteiger partial charge is 0.317 e. The first-order valence-electron chi connectivity index (χ1n) is 18.9. The Labute approximate surface area is 323 Å². The molecule has 0 saturated heterocycles. The highest BCUT2D eigenvalue weighted by molar-refractivity contribution is 6.23. The molecule has 262 valence electrons. The average Bonchev–Trinajstić information content (AvgIpc) is 3.87. The van der Waals surface area contributed by atoms with E-state index in [1.165, 1.54) is 43.5 Å². The molecule has 11 aromatic rings. The lowest BCUT2D eigenvalue weighted by Crippen LogP contribution is -2.00. The average molecular weight is 716 g/mol. The normalized spacial score (nSPS) is 11.6. The van der Waals surface area contributed by atoms with Crippen LogP contribution in [0.25, 0.3) is 100 Å². The molecule has 56 heavy (non-hydrogen) atoms. The molecule has 5 heteroatoms. The van der Waals surface area contributed by atoms with E-state index >= 15 is 0 Å². The van der Waals surface area contributed by atoms with Gasteiger partial charge in [0.15, 0.2) is 17.5 Å². The van der Waals surface area contributed by atoms with Crippen LogP contribution in [0.3, 0.4) is 0 Å². The van der Waals surface area contributed by atoms with Crippen molar-refractivity contribution < 1.29 is 0 Å². The lowest BCUT2D eigenvalue weighted by molar-refractivity contribution is 1.07. The molecule has 0 radical (unpaired) electrons. The quantitative estimate of drug-likeness (QED) is 0.172. The van der Waals surface area contributed by atoms with Crippen LogP contribution in [0, 0.1) is 0 Å². The Kier molecular flexibility index (Phi) is 7.42. The van der Waals surface area contributed by atoms with Crippen LogP contribution in [0.5, 0.6) is 0 Å².